The first-order valence-electron chi connectivity index (χ1n) is 11.5. The highest BCUT2D eigenvalue weighted by molar-refractivity contribution is 5.80. The molecule has 1 aromatic carbocycles. The Morgan fingerprint density at radius 2 is 2.00 bits per heavy atom. The van der Waals surface area contributed by atoms with Gasteiger partial charge in [0.05, 0.1) is 13.2 Å². The van der Waals surface area contributed by atoms with Crippen molar-refractivity contribution >= 4 is 17.0 Å². The van der Waals surface area contributed by atoms with Crippen LogP contribution in [0.1, 0.15) is 43.5 Å². The van der Waals surface area contributed by atoms with Crippen molar-refractivity contribution in [1.82, 2.24) is 19.5 Å². The molecule has 0 bridgehead atoms. The number of piperidine rings is 1. The van der Waals surface area contributed by atoms with Crippen LogP contribution in [-0.4, -0.2) is 63.5 Å². The van der Waals surface area contributed by atoms with Crippen molar-refractivity contribution in [3.8, 4) is 5.75 Å². The number of nitrogens with two attached hydrogens (primary N) is 1. The zero-order chi connectivity index (χ0) is 24.1. The molecule has 0 aliphatic carbocycles. The molecule has 1 aliphatic heterocycles. The van der Waals surface area contributed by atoms with Gasteiger partial charge in [-0.25, -0.2) is 9.50 Å². The molecule has 1 fully saturated rings. The summed E-state index contributed by atoms with van der Waals surface area (Å²) in [7, 11) is 3.70. The molecule has 0 saturated carbocycles. The normalized spacial score (nSPS) is 24.8. The third kappa shape index (κ3) is 3.96. The van der Waals surface area contributed by atoms with Gasteiger partial charge in [0, 0.05) is 55.2 Å². The Kier molecular flexibility index (Phi) is 6.11. The maximum atomic E-state index is 10.8. The van der Waals surface area contributed by atoms with E-state index in [1.165, 1.54) is 0 Å². The summed E-state index contributed by atoms with van der Waals surface area (Å²) in [5, 5.41) is 15.3. The van der Waals surface area contributed by atoms with E-state index in [2.05, 4.69) is 54.9 Å². The van der Waals surface area contributed by atoms with Crippen LogP contribution in [0.15, 0.2) is 30.7 Å². The molecule has 2 unspecified atom stereocenters. The van der Waals surface area contributed by atoms with Crippen LogP contribution in [0.5, 0.6) is 5.75 Å². The summed E-state index contributed by atoms with van der Waals surface area (Å²) in [4.78, 5) is 9.11. The molecule has 0 radical (unpaired) electrons. The molecule has 0 amide bonds. The Morgan fingerprint density at radius 1 is 1.27 bits per heavy atom. The van der Waals surface area contributed by atoms with E-state index in [0.717, 1.165) is 46.0 Å². The van der Waals surface area contributed by atoms with Crippen molar-refractivity contribution in [3.05, 3.63) is 47.4 Å². The van der Waals surface area contributed by atoms with Crippen LogP contribution in [0.2, 0.25) is 0 Å². The van der Waals surface area contributed by atoms with Crippen molar-refractivity contribution < 1.29 is 9.84 Å². The number of fused-ring (bicyclic) bond motifs is 1. The minimum atomic E-state index is -0.591. The topological polar surface area (TPSA) is 92.2 Å². The molecule has 8 heteroatoms. The number of ether oxygens (including phenoxy) is 1. The van der Waals surface area contributed by atoms with E-state index in [9.17, 15) is 5.11 Å². The van der Waals surface area contributed by atoms with Gasteiger partial charge in [0.1, 0.15) is 17.6 Å². The molecular formula is C25H36N6O2. The Morgan fingerprint density at radius 3 is 2.67 bits per heavy atom. The largest absolute Gasteiger partial charge is 0.497 e. The lowest BCUT2D eigenvalue weighted by atomic mass is 9.78. The predicted octanol–water partition coefficient (Wildman–Crippen LogP) is 3.21. The number of methoxy groups -OCH3 is 1. The average Bonchev–Trinajstić information content (AvgIpc) is 3.12. The van der Waals surface area contributed by atoms with Crippen molar-refractivity contribution in [2.45, 2.75) is 52.3 Å². The maximum absolute atomic E-state index is 10.8. The van der Waals surface area contributed by atoms with Gasteiger partial charge in [0.25, 0.3) is 0 Å². The van der Waals surface area contributed by atoms with Crippen LogP contribution in [0, 0.1) is 19.8 Å². The second kappa shape index (κ2) is 8.59. The van der Waals surface area contributed by atoms with Crippen molar-refractivity contribution in [2.75, 3.05) is 32.1 Å². The monoisotopic (exact) mass is 452 g/mol. The molecule has 3 aromatic rings. The third-order valence-corrected chi connectivity index (χ3v) is 7.55. The summed E-state index contributed by atoms with van der Waals surface area (Å²) < 4.78 is 7.37. The highest BCUT2D eigenvalue weighted by atomic mass is 16.5. The molecule has 4 rings (SSSR count). The summed E-state index contributed by atoms with van der Waals surface area (Å²) >= 11 is 0. The van der Waals surface area contributed by atoms with Gasteiger partial charge < -0.3 is 20.5 Å². The van der Waals surface area contributed by atoms with E-state index in [1.807, 2.05) is 30.6 Å². The summed E-state index contributed by atoms with van der Waals surface area (Å²) in [6.07, 6.45) is 3.06. The molecule has 2 aromatic heterocycles. The molecule has 3 N–H and O–H groups in total. The van der Waals surface area contributed by atoms with Crippen molar-refractivity contribution in [2.24, 2.45) is 11.7 Å². The first-order valence-corrected chi connectivity index (χ1v) is 11.5. The number of likely N-dealkylation sites (tertiary alicyclic amines) is 1. The van der Waals surface area contributed by atoms with Crippen LogP contribution in [0.3, 0.4) is 0 Å². The summed E-state index contributed by atoms with van der Waals surface area (Å²) in [6.45, 7) is 11.8. The molecule has 1 aliphatic rings. The first-order chi connectivity index (χ1) is 15.6. The molecule has 8 nitrogen and oxygen atoms in total. The van der Waals surface area contributed by atoms with E-state index in [0.29, 0.717) is 6.54 Å². The van der Waals surface area contributed by atoms with Gasteiger partial charge in [-0.2, -0.15) is 5.10 Å². The van der Waals surface area contributed by atoms with E-state index >= 15 is 0 Å². The van der Waals surface area contributed by atoms with Gasteiger partial charge in [-0.15, -0.1) is 0 Å². The van der Waals surface area contributed by atoms with Gasteiger partial charge in [0.2, 0.25) is 0 Å². The first kappa shape index (κ1) is 23.5. The van der Waals surface area contributed by atoms with Crippen LogP contribution < -0.4 is 15.4 Å². The van der Waals surface area contributed by atoms with Gasteiger partial charge >= 0.3 is 0 Å². The molecule has 1 saturated heterocycles. The molecule has 0 spiro atoms. The fraction of sp³-hybridized carbons (Fsp3) is 0.520. The van der Waals surface area contributed by atoms with Crippen LogP contribution in [0.25, 0.3) is 5.52 Å². The predicted molar refractivity (Wildman–Crippen MR) is 131 cm³/mol. The number of hydrogen-bond acceptors (Lipinski definition) is 7. The Balaban J connectivity index is 1.79. The number of rotatable bonds is 5. The molecule has 3 heterocycles. The van der Waals surface area contributed by atoms with Gasteiger partial charge in [0.15, 0.2) is 5.82 Å². The van der Waals surface area contributed by atoms with E-state index in [-0.39, 0.29) is 12.0 Å². The van der Waals surface area contributed by atoms with E-state index in [1.54, 1.807) is 13.4 Å². The average molecular weight is 453 g/mol. The van der Waals surface area contributed by atoms with Crippen LogP contribution >= 0.6 is 0 Å². The highest BCUT2D eigenvalue weighted by Gasteiger charge is 2.42. The summed E-state index contributed by atoms with van der Waals surface area (Å²) in [6, 6.07) is 6.10. The van der Waals surface area contributed by atoms with Crippen molar-refractivity contribution in [3.63, 3.8) is 0 Å². The number of anilines is 2. The number of aliphatic hydroxyl groups excluding tert-OH is 1. The highest BCUT2D eigenvalue weighted by Crippen LogP contribution is 2.39. The second-order valence-corrected chi connectivity index (χ2v) is 9.73. The number of β-amino-alcohol motifs (C(OH)–C–C–N with tert-alkyl or cyclic N) is 1. The minimum Gasteiger partial charge on any atom is -0.497 e. The number of aliphatic hydroxyl groups is 1. The molecule has 178 valence electrons. The molecule has 33 heavy (non-hydrogen) atoms. The summed E-state index contributed by atoms with van der Waals surface area (Å²) in [5.74, 6) is 1.79. The number of hydrogen-bond donors (Lipinski definition) is 2. The number of aromatic nitrogens is 3. The number of nitrogens with zero attached hydrogens (tertiary/aromatic N) is 5. The Labute approximate surface area is 196 Å². The van der Waals surface area contributed by atoms with E-state index in [4.69, 9.17) is 15.5 Å². The fourth-order valence-corrected chi connectivity index (χ4v) is 4.97. The van der Waals surface area contributed by atoms with Crippen LogP contribution in [-0.2, 0) is 0 Å². The number of aryl methyl sites for hydroxylation is 2. The number of benzene rings is 1. The van der Waals surface area contributed by atoms with Gasteiger partial charge in [-0.05, 0) is 50.8 Å². The summed E-state index contributed by atoms with van der Waals surface area (Å²) in [5.41, 5.74) is 11.2. The minimum absolute atomic E-state index is 0.0627. The third-order valence-electron chi connectivity index (χ3n) is 7.55. The molecular weight excluding hydrogens is 416 g/mol. The zero-order valence-corrected chi connectivity index (χ0v) is 20.7. The second-order valence-electron chi connectivity index (χ2n) is 9.73. The lowest BCUT2D eigenvalue weighted by Gasteiger charge is -2.47. The van der Waals surface area contributed by atoms with Gasteiger partial charge in [-0.3, -0.25) is 4.90 Å². The maximum Gasteiger partial charge on any atom is 0.161 e. The van der Waals surface area contributed by atoms with Crippen molar-refractivity contribution in [1.29, 1.82) is 0 Å². The Hall–Kier alpha value is -2.68. The SMILES string of the molecule is COc1ccc(C)c(N(C)c2ncnn3cc(C)c(C(C)N4CC(C)[C@@](C)(N)[C@H](O)C4)c23)c1. The van der Waals surface area contributed by atoms with Crippen LogP contribution in [0.4, 0.5) is 11.5 Å². The standard InChI is InChI=1S/C25H36N6O2/c1-15-8-9-19(33-7)10-20(15)29(6)24-23-22(16(2)11-31(23)28-14-27-24)18(4)30-12-17(3)25(5,26)21(32)13-30/h8-11,14,17-18,21,32H,12-13,26H2,1-7H3/t17?,18?,21-,25-/m1/s1. The molecule has 4 atom stereocenters. The Bertz CT molecular complexity index is 1140. The zero-order valence-electron chi connectivity index (χ0n) is 20.7. The quantitative estimate of drug-likeness (QED) is 0.614. The van der Waals surface area contributed by atoms with Gasteiger partial charge in [-0.1, -0.05) is 13.0 Å². The fourth-order valence-electron chi connectivity index (χ4n) is 4.97. The van der Waals surface area contributed by atoms with E-state index < -0.39 is 11.6 Å². The lowest BCUT2D eigenvalue weighted by molar-refractivity contribution is -0.0335. The lowest BCUT2D eigenvalue weighted by Crippen LogP contribution is -2.64. The smallest absolute Gasteiger partial charge is 0.161 e.